The van der Waals surface area contributed by atoms with Gasteiger partial charge in [0.1, 0.15) is 5.82 Å². The molecule has 1 fully saturated rings. The van der Waals surface area contributed by atoms with E-state index >= 15 is 0 Å². The summed E-state index contributed by atoms with van der Waals surface area (Å²) < 4.78 is 37.6. The number of nitrogens with one attached hydrogen (secondary N) is 1. The number of halogens is 2. The minimum absolute atomic E-state index is 0.0162. The molecule has 7 nitrogen and oxygen atoms in total. The smallest absolute Gasteiger partial charge is 0.416 e. The van der Waals surface area contributed by atoms with Gasteiger partial charge in [0.05, 0.1) is 17.5 Å². The van der Waals surface area contributed by atoms with Crippen LogP contribution in [0.1, 0.15) is 19.8 Å². The van der Waals surface area contributed by atoms with Crippen LogP contribution in [0.2, 0.25) is 0 Å². The average Bonchev–Trinajstić information content (AvgIpc) is 2.97. The van der Waals surface area contributed by atoms with E-state index < -0.39 is 23.5 Å². The molecule has 0 radical (unpaired) electrons. The van der Waals surface area contributed by atoms with Gasteiger partial charge >= 0.3 is 12.1 Å². The maximum atomic E-state index is 14.5. The molecule has 3 rings (SSSR count). The van der Waals surface area contributed by atoms with Crippen LogP contribution in [-0.2, 0) is 9.53 Å². The lowest BCUT2D eigenvalue weighted by Crippen LogP contribution is -2.49. The predicted octanol–water partition coefficient (Wildman–Crippen LogP) is 2.57. The third-order valence-corrected chi connectivity index (χ3v) is 4.13. The molecule has 9 heteroatoms. The number of rotatable bonds is 3. The Bertz CT molecular complexity index is 800. The van der Waals surface area contributed by atoms with Gasteiger partial charge in [-0.15, -0.1) is 5.10 Å². The maximum absolute atomic E-state index is 14.5. The van der Waals surface area contributed by atoms with Crippen LogP contribution in [0, 0.1) is 5.82 Å². The molecule has 134 valence electrons. The molecule has 1 aliphatic heterocycles. The lowest BCUT2D eigenvalue weighted by Gasteiger charge is -2.33. The normalized spacial score (nSPS) is 16.7. The first kappa shape index (κ1) is 17.1. The Hall–Kier alpha value is -2.71. The second kappa shape index (κ2) is 6.66. The number of piperidine rings is 1. The third-order valence-electron chi connectivity index (χ3n) is 4.13. The Morgan fingerprint density at radius 1 is 1.36 bits per heavy atom. The number of aromatic amines is 1. The summed E-state index contributed by atoms with van der Waals surface area (Å²) in [5.74, 6) is -1.32. The number of carbonyl (C=O) groups excluding carboxylic acids is 2. The molecule has 1 amide bonds. The number of likely N-dealkylation sites (tertiary alicyclic amines) is 1. The fourth-order valence-corrected chi connectivity index (χ4v) is 2.70. The molecule has 25 heavy (non-hydrogen) atoms. The number of hydrogen-bond donors (Lipinski definition) is 1. The summed E-state index contributed by atoms with van der Waals surface area (Å²) in [6, 6.07) is 3.91. The fraction of sp³-hybridized carbons (Fsp3) is 0.438. The van der Waals surface area contributed by atoms with Crippen molar-refractivity contribution in [2.45, 2.75) is 25.4 Å². The fourth-order valence-electron chi connectivity index (χ4n) is 2.70. The quantitative estimate of drug-likeness (QED) is 0.858. The molecule has 2 aromatic rings. The molecule has 0 bridgehead atoms. The van der Waals surface area contributed by atoms with Crippen LogP contribution < -0.4 is 4.74 Å². The van der Waals surface area contributed by atoms with Crippen LogP contribution in [0.5, 0.6) is 5.88 Å². The number of aromatic nitrogens is 2. The van der Waals surface area contributed by atoms with Crippen LogP contribution in [0.15, 0.2) is 18.2 Å². The number of alkyl halides is 1. The molecule has 0 aliphatic carbocycles. The van der Waals surface area contributed by atoms with Crippen molar-refractivity contribution in [2.24, 2.45) is 0 Å². The van der Waals surface area contributed by atoms with Gasteiger partial charge in [0.15, 0.2) is 0 Å². The number of H-pyrrole nitrogens is 1. The van der Waals surface area contributed by atoms with Gasteiger partial charge in [-0.05, 0) is 25.1 Å². The molecule has 1 N–H and O–H groups in total. The molecule has 1 aliphatic rings. The standard InChI is InChI=1S/C16H17F2N3O4/c1-2-24-14(22)16(18)5-7-21(8-6-16)15(23)25-13-11-4-3-10(17)9-12(11)19-20-13/h3-4,9H,2,5-8H2,1H3,(H,19,20). The summed E-state index contributed by atoms with van der Waals surface area (Å²) >= 11 is 0. The Morgan fingerprint density at radius 2 is 2.08 bits per heavy atom. The number of carbonyl (C=O) groups is 2. The molecule has 0 unspecified atom stereocenters. The average molecular weight is 353 g/mol. The number of benzene rings is 1. The predicted molar refractivity (Wildman–Crippen MR) is 83.4 cm³/mol. The second-order valence-corrected chi connectivity index (χ2v) is 5.76. The number of nitrogens with zero attached hydrogens (tertiary/aromatic N) is 2. The van der Waals surface area contributed by atoms with Crippen molar-refractivity contribution >= 4 is 23.0 Å². The topological polar surface area (TPSA) is 84.5 Å². The Morgan fingerprint density at radius 3 is 2.76 bits per heavy atom. The summed E-state index contributed by atoms with van der Waals surface area (Å²) in [5, 5.41) is 6.87. The van der Waals surface area contributed by atoms with Crippen LogP contribution in [0.3, 0.4) is 0 Å². The summed E-state index contributed by atoms with van der Waals surface area (Å²) in [6.45, 7) is 1.74. The first-order valence-electron chi connectivity index (χ1n) is 7.89. The van der Waals surface area contributed by atoms with Crippen LogP contribution >= 0.6 is 0 Å². The maximum Gasteiger partial charge on any atom is 0.416 e. The number of amides is 1. The van der Waals surface area contributed by atoms with Gasteiger partial charge < -0.3 is 14.4 Å². The lowest BCUT2D eigenvalue weighted by atomic mass is 9.94. The summed E-state index contributed by atoms with van der Waals surface area (Å²) in [4.78, 5) is 25.2. The molecule has 1 aromatic carbocycles. The molecular weight excluding hydrogens is 336 g/mol. The van der Waals surface area contributed by atoms with Gasteiger partial charge in [-0.25, -0.2) is 18.4 Å². The van der Waals surface area contributed by atoms with E-state index in [2.05, 4.69) is 10.2 Å². The van der Waals surface area contributed by atoms with Gasteiger partial charge in [-0.2, -0.15) is 0 Å². The highest BCUT2D eigenvalue weighted by atomic mass is 19.1. The first-order chi connectivity index (χ1) is 11.9. The molecule has 1 saturated heterocycles. The Kier molecular flexibility index (Phi) is 4.56. The lowest BCUT2D eigenvalue weighted by molar-refractivity contribution is -0.160. The van der Waals surface area contributed by atoms with Gasteiger partial charge in [-0.1, -0.05) is 0 Å². The first-order valence-corrected chi connectivity index (χ1v) is 7.89. The second-order valence-electron chi connectivity index (χ2n) is 5.76. The summed E-state index contributed by atoms with van der Waals surface area (Å²) in [5.41, 5.74) is -1.69. The summed E-state index contributed by atoms with van der Waals surface area (Å²) in [6.07, 6.45) is -1.02. The van der Waals surface area contributed by atoms with Crippen molar-refractivity contribution in [3.63, 3.8) is 0 Å². The third kappa shape index (κ3) is 3.40. The minimum Gasteiger partial charge on any atom is -0.464 e. The molecule has 0 saturated carbocycles. The van der Waals surface area contributed by atoms with Crippen LogP contribution in [0.25, 0.3) is 10.9 Å². The van der Waals surface area contributed by atoms with Gasteiger partial charge in [0, 0.05) is 25.9 Å². The monoisotopic (exact) mass is 353 g/mol. The largest absolute Gasteiger partial charge is 0.464 e. The van der Waals surface area contributed by atoms with Crippen molar-refractivity contribution in [3.05, 3.63) is 24.0 Å². The number of hydrogen-bond acceptors (Lipinski definition) is 5. The Balaban J connectivity index is 1.64. The zero-order valence-electron chi connectivity index (χ0n) is 13.6. The number of esters is 1. The van der Waals surface area contributed by atoms with Gasteiger partial charge in [-0.3, -0.25) is 5.10 Å². The van der Waals surface area contributed by atoms with E-state index in [-0.39, 0.29) is 38.4 Å². The van der Waals surface area contributed by atoms with Crippen molar-refractivity contribution < 1.29 is 27.8 Å². The summed E-state index contributed by atoms with van der Waals surface area (Å²) in [7, 11) is 0. The van der Waals surface area contributed by atoms with E-state index in [9.17, 15) is 18.4 Å². The highest BCUT2D eigenvalue weighted by molar-refractivity contribution is 5.86. The van der Waals surface area contributed by atoms with Crippen LogP contribution in [0.4, 0.5) is 13.6 Å². The Labute approximate surface area is 141 Å². The number of ether oxygens (including phenoxy) is 2. The molecule has 0 atom stereocenters. The van der Waals surface area contributed by atoms with Crippen molar-refractivity contribution in [3.8, 4) is 5.88 Å². The minimum atomic E-state index is -2.08. The van der Waals surface area contributed by atoms with Gasteiger partial charge in [0.25, 0.3) is 5.88 Å². The highest BCUT2D eigenvalue weighted by Gasteiger charge is 2.44. The van der Waals surface area contributed by atoms with E-state index in [0.29, 0.717) is 10.9 Å². The number of fused-ring (bicyclic) bond motifs is 1. The molecule has 2 heterocycles. The van der Waals surface area contributed by atoms with Crippen molar-refractivity contribution in [1.82, 2.24) is 15.1 Å². The zero-order chi connectivity index (χ0) is 18.0. The molecule has 1 aromatic heterocycles. The SMILES string of the molecule is CCOC(=O)C1(F)CCN(C(=O)Oc2n[nH]c3cc(F)ccc23)CC1. The van der Waals surface area contributed by atoms with E-state index in [4.69, 9.17) is 9.47 Å². The van der Waals surface area contributed by atoms with E-state index in [1.807, 2.05) is 0 Å². The van der Waals surface area contributed by atoms with E-state index in [1.54, 1.807) is 6.92 Å². The highest BCUT2D eigenvalue weighted by Crippen LogP contribution is 2.29. The van der Waals surface area contributed by atoms with Crippen molar-refractivity contribution in [1.29, 1.82) is 0 Å². The van der Waals surface area contributed by atoms with E-state index in [1.165, 1.54) is 23.1 Å². The zero-order valence-corrected chi connectivity index (χ0v) is 13.6. The van der Waals surface area contributed by atoms with Crippen molar-refractivity contribution in [2.75, 3.05) is 19.7 Å². The molecular formula is C16H17F2N3O4. The van der Waals surface area contributed by atoms with E-state index in [0.717, 1.165) is 0 Å². The van der Waals surface area contributed by atoms with Gasteiger partial charge in [0.2, 0.25) is 5.67 Å². The van der Waals surface area contributed by atoms with Crippen LogP contribution in [-0.4, -0.2) is 52.5 Å². The molecule has 0 spiro atoms.